The van der Waals surface area contributed by atoms with Gasteiger partial charge < -0.3 is 15.4 Å². The Hall–Kier alpha value is -2.16. The van der Waals surface area contributed by atoms with Crippen molar-refractivity contribution in [2.24, 2.45) is 0 Å². The van der Waals surface area contributed by atoms with Gasteiger partial charge in [0.1, 0.15) is 5.82 Å². The van der Waals surface area contributed by atoms with Gasteiger partial charge in [0.2, 0.25) is 5.91 Å². The van der Waals surface area contributed by atoms with Gasteiger partial charge in [-0.25, -0.2) is 9.18 Å². The van der Waals surface area contributed by atoms with E-state index in [0.29, 0.717) is 0 Å². The second-order valence-electron chi connectivity index (χ2n) is 3.95. The minimum absolute atomic E-state index is 0.0536. The number of benzene rings is 1. The molecule has 116 valence electrons. The van der Waals surface area contributed by atoms with Gasteiger partial charge in [-0.3, -0.25) is 4.79 Å². The van der Waals surface area contributed by atoms with Crippen molar-refractivity contribution in [2.45, 2.75) is 6.18 Å². The molecule has 0 bridgehead atoms. The van der Waals surface area contributed by atoms with Gasteiger partial charge in [0, 0.05) is 0 Å². The van der Waals surface area contributed by atoms with Gasteiger partial charge in [0.25, 0.3) is 0 Å². The van der Waals surface area contributed by atoms with Gasteiger partial charge in [0.05, 0.1) is 31.5 Å². The number of hydrogen-bond acceptors (Lipinski definition) is 4. The highest BCUT2D eigenvalue weighted by Gasteiger charge is 2.26. The number of hydrogen-bond donors (Lipinski definition) is 2. The van der Waals surface area contributed by atoms with Crippen LogP contribution >= 0.6 is 0 Å². The van der Waals surface area contributed by atoms with Crippen LogP contribution in [0.15, 0.2) is 18.2 Å². The molecular weight excluding hydrogens is 296 g/mol. The fourth-order valence-electron chi connectivity index (χ4n) is 1.42. The number of nitrogens with one attached hydrogen (secondary N) is 2. The molecule has 1 amide bonds. The summed E-state index contributed by atoms with van der Waals surface area (Å²) in [4.78, 5) is 22.9. The summed E-state index contributed by atoms with van der Waals surface area (Å²) in [5.74, 6) is -2.41. The first-order chi connectivity index (χ1) is 9.73. The highest BCUT2D eigenvalue weighted by molar-refractivity contribution is 6.01. The van der Waals surface area contributed by atoms with E-state index in [9.17, 15) is 27.2 Å². The van der Waals surface area contributed by atoms with Crippen LogP contribution in [0.25, 0.3) is 0 Å². The Balaban J connectivity index is 2.70. The molecule has 0 saturated carbocycles. The fourth-order valence-corrected chi connectivity index (χ4v) is 1.42. The lowest BCUT2D eigenvalue weighted by Crippen LogP contribution is -2.35. The average molecular weight is 308 g/mol. The Morgan fingerprint density at radius 3 is 2.52 bits per heavy atom. The molecule has 0 fully saturated rings. The van der Waals surface area contributed by atoms with E-state index in [4.69, 9.17) is 0 Å². The van der Waals surface area contributed by atoms with Crippen molar-refractivity contribution in [3.05, 3.63) is 29.6 Å². The Morgan fingerprint density at radius 1 is 1.29 bits per heavy atom. The van der Waals surface area contributed by atoms with E-state index in [1.54, 1.807) is 0 Å². The molecule has 0 saturated heterocycles. The van der Waals surface area contributed by atoms with Gasteiger partial charge in [-0.2, -0.15) is 13.2 Å². The van der Waals surface area contributed by atoms with Gasteiger partial charge in [-0.15, -0.1) is 0 Å². The molecule has 2 N–H and O–H groups in total. The van der Waals surface area contributed by atoms with Crippen LogP contribution < -0.4 is 10.6 Å². The van der Waals surface area contributed by atoms with Crippen molar-refractivity contribution in [3.63, 3.8) is 0 Å². The first-order valence-corrected chi connectivity index (χ1v) is 5.68. The van der Waals surface area contributed by atoms with Crippen LogP contribution in [-0.4, -0.2) is 38.3 Å². The zero-order valence-electron chi connectivity index (χ0n) is 10.9. The molecule has 1 aromatic rings. The Labute approximate surface area is 117 Å². The van der Waals surface area contributed by atoms with Crippen LogP contribution in [0.4, 0.5) is 23.2 Å². The zero-order chi connectivity index (χ0) is 16.0. The third-order valence-corrected chi connectivity index (χ3v) is 2.27. The highest BCUT2D eigenvalue weighted by Crippen LogP contribution is 2.18. The van der Waals surface area contributed by atoms with Crippen LogP contribution in [-0.2, 0) is 9.53 Å². The molecule has 0 aliphatic carbocycles. The first kappa shape index (κ1) is 16.9. The number of methoxy groups -OCH3 is 1. The minimum Gasteiger partial charge on any atom is -0.465 e. The van der Waals surface area contributed by atoms with E-state index < -0.39 is 37.0 Å². The maximum absolute atomic E-state index is 13.1. The molecule has 0 aliphatic rings. The zero-order valence-corrected chi connectivity index (χ0v) is 10.9. The number of anilines is 1. The summed E-state index contributed by atoms with van der Waals surface area (Å²) in [5.41, 5.74) is -0.288. The Kier molecular flexibility index (Phi) is 5.65. The summed E-state index contributed by atoms with van der Waals surface area (Å²) in [5, 5.41) is 4.10. The summed E-state index contributed by atoms with van der Waals surface area (Å²) in [6.07, 6.45) is -4.44. The van der Waals surface area contributed by atoms with Crippen LogP contribution in [0.2, 0.25) is 0 Å². The van der Waals surface area contributed by atoms with Crippen molar-refractivity contribution in [2.75, 3.05) is 25.5 Å². The molecular formula is C12H12F4N2O3. The number of halogens is 4. The van der Waals surface area contributed by atoms with Gasteiger partial charge in [-0.1, -0.05) is 0 Å². The van der Waals surface area contributed by atoms with E-state index in [0.717, 1.165) is 25.3 Å². The van der Waals surface area contributed by atoms with Crippen molar-refractivity contribution < 1.29 is 31.9 Å². The molecule has 0 unspecified atom stereocenters. The summed E-state index contributed by atoms with van der Waals surface area (Å²) in [6, 6.07) is 2.96. The molecule has 21 heavy (non-hydrogen) atoms. The molecule has 0 aromatic heterocycles. The predicted octanol–water partition coefficient (Wildman–Crippen LogP) is 1.70. The third-order valence-electron chi connectivity index (χ3n) is 2.27. The number of amides is 1. The summed E-state index contributed by atoms with van der Waals surface area (Å²) < 4.78 is 53.2. The van der Waals surface area contributed by atoms with Crippen molar-refractivity contribution in [1.82, 2.24) is 5.32 Å². The maximum atomic E-state index is 13.1. The molecule has 9 heteroatoms. The topological polar surface area (TPSA) is 67.4 Å². The van der Waals surface area contributed by atoms with Crippen LogP contribution in [0, 0.1) is 5.82 Å². The smallest absolute Gasteiger partial charge is 0.401 e. The summed E-state index contributed by atoms with van der Waals surface area (Å²) in [7, 11) is 1.07. The second kappa shape index (κ2) is 7.02. The number of carbonyl (C=O) groups excluding carboxylic acids is 2. The van der Waals surface area contributed by atoms with E-state index in [1.807, 2.05) is 5.32 Å². The molecule has 1 rings (SSSR count). The van der Waals surface area contributed by atoms with Crippen LogP contribution in [0.3, 0.4) is 0 Å². The molecule has 0 heterocycles. The third kappa shape index (κ3) is 5.78. The molecule has 0 spiro atoms. The Bertz CT molecular complexity index is 532. The SMILES string of the molecule is COC(=O)c1cc(F)ccc1NC(=O)CNCC(F)(F)F. The fraction of sp³-hybridized carbons (Fsp3) is 0.333. The van der Waals surface area contributed by atoms with Crippen LogP contribution in [0.5, 0.6) is 0 Å². The maximum Gasteiger partial charge on any atom is 0.401 e. The van der Waals surface area contributed by atoms with E-state index in [2.05, 4.69) is 10.1 Å². The van der Waals surface area contributed by atoms with Crippen molar-refractivity contribution >= 4 is 17.6 Å². The number of alkyl halides is 3. The number of ether oxygens (including phenoxy) is 1. The largest absolute Gasteiger partial charge is 0.465 e. The number of rotatable bonds is 5. The van der Waals surface area contributed by atoms with E-state index in [-0.39, 0.29) is 11.3 Å². The number of esters is 1. The lowest BCUT2D eigenvalue weighted by atomic mass is 10.1. The normalized spacial score (nSPS) is 11.1. The first-order valence-electron chi connectivity index (χ1n) is 5.68. The quantitative estimate of drug-likeness (QED) is 0.642. The average Bonchev–Trinajstić information content (AvgIpc) is 2.38. The van der Waals surface area contributed by atoms with Crippen molar-refractivity contribution in [1.29, 1.82) is 0 Å². The predicted molar refractivity (Wildman–Crippen MR) is 65.3 cm³/mol. The second-order valence-corrected chi connectivity index (χ2v) is 3.95. The lowest BCUT2D eigenvalue weighted by Gasteiger charge is -2.11. The summed E-state index contributed by atoms with van der Waals surface area (Å²) in [6.45, 7) is -1.94. The van der Waals surface area contributed by atoms with Gasteiger partial charge in [-0.05, 0) is 18.2 Å². The molecule has 0 radical (unpaired) electrons. The van der Waals surface area contributed by atoms with E-state index in [1.165, 1.54) is 0 Å². The summed E-state index contributed by atoms with van der Waals surface area (Å²) >= 11 is 0. The Morgan fingerprint density at radius 2 is 1.95 bits per heavy atom. The highest BCUT2D eigenvalue weighted by atomic mass is 19.4. The number of carbonyl (C=O) groups is 2. The molecule has 5 nitrogen and oxygen atoms in total. The minimum atomic E-state index is -4.44. The molecule has 1 aromatic carbocycles. The lowest BCUT2D eigenvalue weighted by molar-refractivity contribution is -0.126. The van der Waals surface area contributed by atoms with Gasteiger partial charge in [0.15, 0.2) is 0 Å². The van der Waals surface area contributed by atoms with Crippen LogP contribution in [0.1, 0.15) is 10.4 Å². The monoisotopic (exact) mass is 308 g/mol. The van der Waals surface area contributed by atoms with Crippen molar-refractivity contribution in [3.8, 4) is 0 Å². The van der Waals surface area contributed by atoms with E-state index >= 15 is 0 Å². The standard InChI is InChI=1S/C12H12F4N2O3/c1-21-11(20)8-4-7(13)2-3-9(8)18-10(19)5-17-6-12(14,15)16/h2-4,17H,5-6H2,1H3,(H,18,19). The molecule has 0 aliphatic heterocycles. The van der Waals surface area contributed by atoms with Gasteiger partial charge >= 0.3 is 12.1 Å². The molecule has 0 atom stereocenters.